The highest BCUT2D eigenvalue weighted by molar-refractivity contribution is 9.10. The van der Waals surface area contributed by atoms with E-state index in [-0.39, 0.29) is 12.2 Å². The SMILES string of the molecule is CCc1nn(CC)c(CC(=O)C2(O)CCCC2)c1Br. The van der Waals surface area contributed by atoms with Gasteiger partial charge in [-0.1, -0.05) is 6.92 Å². The standard InChI is InChI=1S/C14H21BrN2O2/c1-3-10-13(15)11(17(4-2)16-10)9-12(18)14(19)7-5-6-8-14/h19H,3-9H2,1-2H3. The number of rotatable bonds is 5. The zero-order chi connectivity index (χ0) is 14.0. The van der Waals surface area contributed by atoms with Crippen LogP contribution in [0.15, 0.2) is 4.47 Å². The molecular weight excluding hydrogens is 308 g/mol. The van der Waals surface area contributed by atoms with Crippen LogP contribution in [0, 0.1) is 0 Å². The summed E-state index contributed by atoms with van der Waals surface area (Å²) in [6.07, 6.45) is 4.18. The number of hydrogen-bond acceptors (Lipinski definition) is 3. The Balaban J connectivity index is 2.23. The Bertz CT molecular complexity index is 476. The first kappa shape index (κ1) is 14.7. The van der Waals surface area contributed by atoms with Gasteiger partial charge in [0.05, 0.1) is 22.3 Å². The fourth-order valence-corrected chi connectivity index (χ4v) is 3.45. The third-order valence-electron chi connectivity index (χ3n) is 3.97. The van der Waals surface area contributed by atoms with Crippen LogP contribution in [0.3, 0.4) is 0 Å². The van der Waals surface area contributed by atoms with E-state index >= 15 is 0 Å². The summed E-state index contributed by atoms with van der Waals surface area (Å²) in [5.41, 5.74) is 0.766. The van der Waals surface area contributed by atoms with Gasteiger partial charge in [0, 0.05) is 6.54 Å². The topological polar surface area (TPSA) is 55.1 Å². The number of carbonyl (C=O) groups is 1. The van der Waals surface area contributed by atoms with Crippen LogP contribution >= 0.6 is 15.9 Å². The Labute approximate surface area is 122 Å². The molecule has 1 aromatic rings. The summed E-state index contributed by atoms with van der Waals surface area (Å²) < 4.78 is 2.78. The summed E-state index contributed by atoms with van der Waals surface area (Å²) in [5.74, 6) is -0.0667. The van der Waals surface area contributed by atoms with Crippen molar-refractivity contribution in [1.82, 2.24) is 9.78 Å². The third kappa shape index (κ3) is 2.77. The summed E-state index contributed by atoms with van der Waals surface area (Å²) in [6, 6.07) is 0. The van der Waals surface area contributed by atoms with Gasteiger partial charge in [-0.05, 0) is 55.0 Å². The van der Waals surface area contributed by atoms with Crippen LogP contribution in [0.2, 0.25) is 0 Å². The number of nitrogens with zero attached hydrogens (tertiary/aromatic N) is 2. The van der Waals surface area contributed by atoms with Gasteiger partial charge in [0.2, 0.25) is 0 Å². The van der Waals surface area contributed by atoms with Crippen LogP contribution in [-0.2, 0) is 24.2 Å². The van der Waals surface area contributed by atoms with E-state index in [1.54, 1.807) is 0 Å². The Kier molecular flexibility index (Phi) is 4.46. The largest absolute Gasteiger partial charge is 0.382 e. The zero-order valence-corrected chi connectivity index (χ0v) is 13.2. The van der Waals surface area contributed by atoms with Crippen LogP contribution in [-0.4, -0.2) is 26.3 Å². The van der Waals surface area contributed by atoms with Gasteiger partial charge < -0.3 is 5.11 Å². The summed E-state index contributed by atoms with van der Waals surface area (Å²) in [4.78, 5) is 12.3. The van der Waals surface area contributed by atoms with Gasteiger partial charge in [0.25, 0.3) is 0 Å². The van der Waals surface area contributed by atoms with Gasteiger partial charge in [-0.2, -0.15) is 5.10 Å². The molecule has 0 saturated heterocycles. The Hall–Kier alpha value is -0.680. The molecule has 0 radical (unpaired) electrons. The number of hydrogen-bond donors (Lipinski definition) is 1. The van der Waals surface area contributed by atoms with Crippen molar-refractivity contribution in [3.05, 3.63) is 15.9 Å². The molecule has 0 atom stereocenters. The summed E-state index contributed by atoms with van der Waals surface area (Å²) >= 11 is 3.54. The summed E-state index contributed by atoms with van der Waals surface area (Å²) in [5, 5.41) is 14.8. The molecule has 0 aromatic carbocycles. The van der Waals surface area contributed by atoms with Crippen molar-refractivity contribution in [3.63, 3.8) is 0 Å². The number of carbonyl (C=O) groups excluding carboxylic acids is 1. The number of Topliss-reactive ketones (excluding diaryl/α,β-unsaturated/α-hetero) is 1. The minimum atomic E-state index is -1.10. The second-order valence-corrected chi connectivity index (χ2v) is 6.01. The van der Waals surface area contributed by atoms with E-state index in [1.165, 1.54) is 0 Å². The van der Waals surface area contributed by atoms with Crippen molar-refractivity contribution in [2.24, 2.45) is 0 Å². The molecular formula is C14H21BrN2O2. The molecule has 19 heavy (non-hydrogen) atoms. The normalized spacial score (nSPS) is 17.9. The van der Waals surface area contributed by atoms with Crippen molar-refractivity contribution in [3.8, 4) is 0 Å². The lowest BCUT2D eigenvalue weighted by Crippen LogP contribution is -2.37. The maximum Gasteiger partial charge on any atom is 0.170 e. The molecule has 1 aliphatic rings. The number of aromatic nitrogens is 2. The van der Waals surface area contributed by atoms with E-state index in [9.17, 15) is 9.90 Å². The first-order chi connectivity index (χ1) is 9.01. The highest BCUT2D eigenvalue weighted by Crippen LogP contribution is 2.32. The van der Waals surface area contributed by atoms with Crippen molar-refractivity contribution in [2.45, 2.75) is 64.5 Å². The van der Waals surface area contributed by atoms with E-state index in [0.717, 1.165) is 41.7 Å². The molecule has 1 N–H and O–H groups in total. The Morgan fingerprint density at radius 2 is 2.05 bits per heavy atom. The number of aliphatic hydroxyl groups is 1. The third-order valence-corrected chi connectivity index (χ3v) is 4.89. The van der Waals surface area contributed by atoms with Crippen LogP contribution < -0.4 is 0 Å². The molecule has 1 aliphatic carbocycles. The van der Waals surface area contributed by atoms with Crippen LogP contribution in [0.1, 0.15) is 50.9 Å². The van der Waals surface area contributed by atoms with Gasteiger partial charge in [-0.3, -0.25) is 9.48 Å². The van der Waals surface area contributed by atoms with Gasteiger partial charge in [-0.15, -0.1) is 0 Å². The molecule has 0 bridgehead atoms. The van der Waals surface area contributed by atoms with E-state index in [1.807, 2.05) is 18.5 Å². The van der Waals surface area contributed by atoms with Crippen molar-refractivity contribution < 1.29 is 9.90 Å². The fraction of sp³-hybridized carbons (Fsp3) is 0.714. The number of ketones is 1. The monoisotopic (exact) mass is 328 g/mol. The predicted molar refractivity (Wildman–Crippen MR) is 77.1 cm³/mol. The summed E-state index contributed by atoms with van der Waals surface area (Å²) in [7, 11) is 0. The lowest BCUT2D eigenvalue weighted by Gasteiger charge is -2.20. The Morgan fingerprint density at radius 1 is 1.42 bits per heavy atom. The highest BCUT2D eigenvalue weighted by atomic mass is 79.9. The second-order valence-electron chi connectivity index (χ2n) is 5.22. The van der Waals surface area contributed by atoms with Gasteiger partial charge in [0.15, 0.2) is 5.78 Å². The first-order valence-corrected chi connectivity index (χ1v) is 7.81. The average molecular weight is 329 g/mol. The second kappa shape index (κ2) is 5.75. The molecule has 2 rings (SSSR count). The lowest BCUT2D eigenvalue weighted by molar-refractivity contribution is -0.136. The fourth-order valence-electron chi connectivity index (χ4n) is 2.74. The van der Waals surface area contributed by atoms with E-state index in [0.29, 0.717) is 12.8 Å². The van der Waals surface area contributed by atoms with E-state index in [4.69, 9.17) is 0 Å². The molecule has 0 spiro atoms. The van der Waals surface area contributed by atoms with Crippen LogP contribution in [0.4, 0.5) is 0 Å². The van der Waals surface area contributed by atoms with Crippen molar-refractivity contribution in [2.75, 3.05) is 0 Å². The molecule has 0 aliphatic heterocycles. The van der Waals surface area contributed by atoms with Crippen molar-refractivity contribution >= 4 is 21.7 Å². The molecule has 5 heteroatoms. The van der Waals surface area contributed by atoms with E-state index in [2.05, 4.69) is 21.0 Å². The highest BCUT2D eigenvalue weighted by Gasteiger charge is 2.39. The minimum absolute atomic E-state index is 0.0667. The molecule has 4 nitrogen and oxygen atoms in total. The maximum atomic E-state index is 12.3. The molecule has 106 valence electrons. The lowest BCUT2D eigenvalue weighted by atomic mass is 9.93. The quantitative estimate of drug-likeness (QED) is 0.903. The van der Waals surface area contributed by atoms with E-state index < -0.39 is 5.60 Å². The molecule has 0 unspecified atom stereocenters. The molecule has 1 aromatic heterocycles. The van der Waals surface area contributed by atoms with Crippen LogP contribution in [0.5, 0.6) is 0 Å². The first-order valence-electron chi connectivity index (χ1n) is 7.01. The van der Waals surface area contributed by atoms with Gasteiger partial charge >= 0.3 is 0 Å². The molecule has 1 saturated carbocycles. The molecule has 0 amide bonds. The number of halogens is 1. The predicted octanol–water partition coefficient (Wildman–Crippen LogP) is 2.64. The van der Waals surface area contributed by atoms with Gasteiger partial charge in [-0.25, -0.2) is 0 Å². The zero-order valence-electron chi connectivity index (χ0n) is 11.6. The van der Waals surface area contributed by atoms with Crippen LogP contribution in [0.25, 0.3) is 0 Å². The van der Waals surface area contributed by atoms with Crippen molar-refractivity contribution in [1.29, 1.82) is 0 Å². The number of aryl methyl sites for hydroxylation is 2. The maximum absolute atomic E-state index is 12.3. The molecule has 1 heterocycles. The Morgan fingerprint density at radius 3 is 2.58 bits per heavy atom. The molecule has 1 fully saturated rings. The average Bonchev–Trinajstić information content (AvgIpc) is 2.96. The van der Waals surface area contributed by atoms with Gasteiger partial charge in [0.1, 0.15) is 5.60 Å². The summed E-state index contributed by atoms with van der Waals surface area (Å²) in [6.45, 7) is 4.79. The minimum Gasteiger partial charge on any atom is -0.382 e. The smallest absolute Gasteiger partial charge is 0.170 e.